The standard InChI is InChI=1S/C18H18N6O6S4/c1-7-22-23-17(34-7)33-6-18(15(29)30)4-24-13(28)11(14(24)32-5-18)21-12(27)8(2-10(25)26)9-3-31-16(19)20-9/h2-3,11,14H,4-6H2,1H3,(H2,19,20)(H,21,27)(H,25,26)(H,29,30)/t11?,14-,18?/m1/s1. The Kier molecular flexibility index (Phi) is 6.84. The van der Waals surface area contributed by atoms with Gasteiger partial charge in [-0.2, -0.15) is 0 Å². The van der Waals surface area contributed by atoms with Crippen molar-refractivity contribution in [3.63, 3.8) is 0 Å². The molecule has 2 aliphatic heterocycles. The third-order valence-electron chi connectivity index (χ3n) is 5.17. The maximum absolute atomic E-state index is 12.8. The summed E-state index contributed by atoms with van der Waals surface area (Å²) in [5, 5.41) is 31.5. The van der Waals surface area contributed by atoms with Gasteiger partial charge in [0.05, 0.1) is 11.3 Å². The van der Waals surface area contributed by atoms with Gasteiger partial charge in [0.1, 0.15) is 21.8 Å². The van der Waals surface area contributed by atoms with Gasteiger partial charge in [-0.15, -0.1) is 33.3 Å². The first-order valence-corrected chi connectivity index (χ1v) is 13.4. The Morgan fingerprint density at radius 3 is 2.74 bits per heavy atom. The van der Waals surface area contributed by atoms with Crippen molar-refractivity contribution in [2.24, 2.45) is 5.41 Å². The van der Waals surface area contributed by atoms with Gasteiger partial charge in [-0.3, -0.25) is 14.4 Å². The van der Waals surface area contributed by atoms with E-state index in [4.69, 9.17) is 10.8 Å². The van der Waals surface area contributed by atoms with Crippen LogP contribution in [0.25, 0.3) is 5.57 Å². The average Bonchev–Trinajstić information content (AvgIpc) is 3.41. The SMILES string of the molecule is Cc1nnc(SCC2(C(=O)O)CS[C@@H]3C(NC(=O)C(=CC(=O)O)c4csc(N)n4)C(=O)N3C2)s1. The van der Waals surface area contributed by atoms with Crippen LogP contribution in [0.5, 0.6) is 0 Å². The fourth-order valence-electron chi connectivity index (χ4n) is 3.45. The van der Waals surface area contributed by atoms with Gasteiger partial charge in [-0.25, -0.2) is 9.78 Å². The van der Waals surface area contributed by atoms with E-state index in [1.165, 1.54) is 45.1 Å². The number of aromatic nitrogens is 3. The minimum Gasteiger partial charge on any atom is -0.481 e. The molecule has 2 unspecified atom stereocenters. The molecule has 0 bridgehead atoms. The molecule has 2 saturated heterocycles. The van der Waals surface area contributed by atoms with Crippen LogP contribution in [-0.2, 0) is 19.2 Å². The van der Waals surface area contributed by atoms with Crippen molar-refractivity contribution < 1.29 is 29.4 Å². The van der Waals surface area contributed by atoms with Gasteiger partial charge in [-0.1, -0.05) is 23.1 Å². The summed E-state index contributed by atoms with van der Waals surface area (Å²) in [6.45, 7) is 1.81. The molecule has 4 heterocycles. The molecule has 0 spiro atoms. The molecule has 34 heavy (non-hydrogen) atoms. The maximum atomic E-state index is 12.8. The lowest BCUT2D eigenvalue weighted by Gasteiger charge is -2.53. The molecule has 12 nitrogen and oxygen atoms in total. The molecule has 4 rings (SSSR count). The zero-order chi connectivity index (χ0) is 24.6. The number of aliphatic carboxylic acids is 2. The minimum atomic E-state index is -1.35. The number of nitrogens with two attached hydrogens (primary N) is 1. The Bertz CT molecular complexity index is 1200. The van der Waals surface area contributed by atoms with E-state index in [9.17, 15) is 24.3 Å². The van der Waals surface area contributed by atoms with Gasteiger partial charge in [0, 0.05) is 29.5 Å². The van der Waals surface area contributed by atoms with E-state index in [-0.39, 0.29) is 34.4 Å². The average molecular weight is 543 g/mol. The van der Waals surface area contributed by atoms with Crippen molar-refractivity contribution in [1.29, 1.82) is 0 Å². The molecule has 180 valence electrons. The summed E-state index contributed by atoms with van der Waals surface area (Å²) < 4.78 is 0.658. The van der Waals surface area contributed by atoms with Crippen LogP contribution in [0.4, 0.5) is 5.13 Å². The number of nitrogens with one attached hydrogen (secondary N) is 1. The lowest BCUT2D eigenvalue weighted by molar-refractivity contribution is -0.157. The molecular weight excluding hydrogens is 525 g/mol. The molecular formula is C18H18N6O6S4. The highest BCUT2D eigenvalue weighted by atomic mass is 32.2. The van der Waals surface area contributed by atoms with Gasteiger partial charge in [-0.05, 0) is 6.92 Å². The largest absolute Gasteiger partial charge is 0.481 e. The number of carbonyl (C=O) groups excluding carboxylic acids is 2. The maximum Gasteiger partial charge on any atom is 0.329 e. The van der Waals surface area contributed by atoms with E-state index in [0.717, 1.165) is 16.3 Å². The lowest BCUT2D eigenvalue weighted by Crippen LogP contribution is -2.74. The van der Waals surface area contributed by atoms with Crippen LogP contribution in [0.3, 0.4) is 0 Å². The Labute approximate surface area is 209 Å². The fraction of sp³-hybridized carbons (Fsp3) is 0.389. The summed E-state index contributed by atoms with van der Waals surface area (Å²) in [6.07, 6.45) is 0.709. The number of fused-ring (bicyclic) bond motifs is 1. The molecule has 2 aliphatic rings. The second-order valence-corrected chi connectivity index (χ2v) is 11.9. The number of carbonyl (C=O) groups is 4. The monoisotopic (exact) mass is 542 g/mol. The number of thiazole rings is 1. The first kappa shape index (κ1) is 24.4. The van der Waals surface area contributed by atoms with Gasteiger partial charge in [0.15, 0.2) is 9.47 Å². The minimum absolute atomic E-state index is 0.00354. The number of hydrogen-bond donors (Lipinski definition) is 4. The highest BCUT2D eigenvalue weighted by molar-refractivity contribution is 8.01. The number of anilines is 1. The third-order valence-corrected chi connectivity index (χ3v) is 9.70. The van der Waals surface area contributed by atoms with Crippen LogP contribution < -0.4 is 11.1 Å². The Morgan fingerprint density at radius 1 is 1.38 bits per heavy atom. The van der Waals surface area contributed by atoms with Gasteiger partial charge < -0.3 is 26.2 Å². The van der Waals surface area contributed by atoms with Crippen molar-refractivity contribution in [2.75, 3.05) is 23.8 Å². The number of carboxylic acid groups (broad SMARTS) is 2. The molecule has 5 N–H and O–H groups in total. The van der Waals surface area contributed by atoms with E-state index in [2.05, 4.69) is 20.5 Å². The van der Waals surface area contributed by atoms with Crippen LogP contribution >= 0.6 is 46.2 Å². The Hall–Kier alpha value is -2.69. The predicted octanol–water partition coefficient (Wildman–Crippen LogP) is 0.616. The number of nitrogen functional groups attached to an aromatic ring is 1. The van der Waals surface area contributed by atoms with Gasteiger partial charge in [0.2, 0.25) is 5.91 Å². The smallest absolute Gasteiger partial charge is 0.329 e. The zero-order valence-electron chi connectivity index (χ0n) is 17.5. The van der Waals surface area contributed by atoms with Crippen LogP contribution in [0.15, 0.2) is 15.8 Å². The number of aryl methyl sites for hydroxylation is 1. The van der Waals surface area contributed by atoms with Crippen LogP contribution in [0, 0.1) is 12.3 Å². The second-order valence-electron chi connectivity index (χ2n) is 7.55. The highest BCUT2D eigenvalue weighted by Gasteiger charge is 2.57. The first-order valence-electron chi connectivity index (χ1n) is 9.65. The molecule has 0 saturated carbocycles. The van der Waals surface area contributed by atoms with E-state index < -0.39 is 40.6 Å². The summed E-state index contributed by atoms with van der Waals surface area (Å²) >= 11 is 4.97. The molecule has 2 amide bonds. The van der Waals surface area contributed by atoms with Crippen LogP contribution in [0.1, 0.15) is 10.7 Å². The quantitative estimate of drug-likeness (QED) is 0.207. The van der Waals surface area contributed by atoms with E-state index in [1.54, 1.807) is 0 Å². The van der Waals surface area contributed by atoms with E-state index >= 15 is 0 Å². The van der Waals surface area contributed by atoms with Gasteiger partial charge in [0.25, 0.3) is 5.91 Å². The molecule has 2 aromatic rings. The molecule has 0 aliphatic carbocycles. The second kappa shape index (κ2) is 9.52. The van der Waals surface area contributed by atoms with Crippen molar-refractivity contribution >= 4 is 80.7 Å². The van der Waals surface area contributed by atoms with Crippen molar-refractivity contribution in [3.8, 4) is 0 Å². The Morgan fingerprint density at radius 2 is 2.15 bits per heavy atom. The zero-order valence-corrected chi connectivity index (χ0v) is 20.7. The highest BCUT2D eigenvalue weighted by Crippen LogP contribution is 2.44. The molecule has 0 aromatic carbocycles. The number of hydrogen-bond acceptors (Lipinski definition) is 12. The summed E-state index contributed by atoms with van der Waals surface area (Å²) in [5.41, 5.74) is 4.28. The normalized spacial score (nSPS) is 24.3. The molecule has 3 atom stereocenters. The molecule has 16 heteroatoms. The van der Waals surface area contributed by atoms with Crippen molar-refractivity contribution in [1.82, 2.24) is 25.4 Å². The van der Waals surface area contributed by atoms with Crippen molar-refractivity contribution in [2.45, 2.75) is 22.7 Å². The number of carboxylic acids is 2. The predicted molar refractivity (Wildman–Crippen MR) is 127 cm³/mol. The van der Waals surface area contributed by atoms with Crippen LogP contribution in [0.2, 0.25) is 0 Å². The summed E-state index contributed by atoms with van der Waals surface area (Å²) in [7, 11) is 0. The number of β-lactam (4-membered cyclic amide) rings is 1. The van der Waals surface area contributed by atoms with Crippen molar-refractivity contribution in [3.05, 3.63) is 22.2 Å². The Balaban J connectivity index is 1.44. The van der Waals surface area contributed by atoms with Crippen LogP contribution in [-0.4, -0.2) is 83.5 Å². The lowest BCUT2D eigenvalue weighted by atomic mass is 9.89. The molecule has 2 fully saturated rings. The van der Waals surface area contributed by atoms with E-state index in [0.29, 0.717) is 10.4 Å². The third kappa shape index (κ3) is 4.75. The number of rotatable bonds is 8. The van der Waals surface area contributed by atoms with Gasteiger partial charge >= 0.3 is 11.9 Å². The number of amides is 2. The summed E-state index contributed by atoms with van der Waals surface area (Å²) in [5.74, 6) is -3.12. The molecule has 0 radical (unpaired) electrons. The molecule has 2 aromatic heterocycles. The number of nitrogens with zero attached hydrogens (tertiary/aromatic N) is 4. The first-order chi connectivity index (χ1) is 16.1. The van der Waals surface area contributed by atoms with E-state index in [1.807, 2.05) is 6.92 Å². The summed E-state index contributed by atoms with van der Waals surface area (Å²) in [6, 6.07) is -0.907. The number of thioether (sulfide) groups is 2. The topological polar surface area (TPSA) is 189 Å². The summed E-state index contributed by atoms with van der Waals surface area (Å²) in [4.78, 5) is 54.3. The fourth-order valence-corrected chi connectivity index (χ4v) is 7.69.